The van der Waals surface area contributed by atoms with Crippen LogP contribution < -0.4 is 10.6 Å². The monoisotopic (exact) mass is 200 g/mol. The molecule has 0 amide bonds. The Morgan fingerprint density at radius 3 is 2.21 bits per heavy atom. The third kappa shape index (κ3) is 8.52. The lowest BCUT2D eigenvalue weighted by atomic mass is 9.92. The van der Waals surface area contributed by atoms with Crippen molar-refractivity contribution in [2.75, 3.05) is 26.7 Å². The van der Waals surface area contributed by atoms with Crippen LogP contribution in [0.3, 0.4) is 0 Å². The van der Waals surface area contributed by atoms with Crippen molar-refractivity contribution >= 4 is 0 Å². The molecule has 0 aliphatic carbocycles. The molecule has 1 atom stereocenters. The van der Waals surface area contributed by atoms with Crippen LogP contribution in [0.4, 0.5) is 0 Å². The molecule has 2 nitrogen and oxygen atoms in total. The van der Waals surface area contributed by atoms with E-state index >= 15 is 0 Å². The first-order valence-electron chi connectivity index (χ1n) is 5.85. The fourth-order valence-corrected chi connectivity index (χ4v) is 1.42. The van der Waals surface area contributed by atoms with E-state index in [4.69, 9.17) is 0 Å². The SMILES string of the molecule is CCC(CNC)CNCCC(C)(C)C. The van der Waals surface area contributed by atoms with Crippen LogP contribution in [0.15, 0.2) is 0 Å². The van der Waals surface area contributed by atoms with Gasteiger partial charge in [0, 0.05) is 0 Å². The topological polar surface area (TPSA) is 24.1 Å². The molecular formula is C12H28N2. The van der Waals surface area contributed by atoms with Crippen molar-refractivity contribution in [3.8, 4) is 0 Å². The first kappa shape index (κ1) is 13.9. The zero-order valence-corrected chi connectivity index (χ0v) is 10.6. The van der Waals surface area contributed by atoms with Gasteiger partial charge in [0.25, 0.3) is 0 Å². The third-order valence-corrected chi connectivity index (χ3v) is 2.55. The van der Waals surface area contributed by atoms with Gasteiger partial charge in [-0.2, -0.15) is 0 Å². The minimum absolute atomic E-state index is 0.456. The summed E-state index contributed by atoms with van der Waals surface area (Å²) in [5, 5.41) is 6.77. The van der Waals surface area contributed by atoms with Crippen LogP contribution in [0.5, 0.6) is 0 Å². The lowest BCUT2D eigenvalue weighted by Crippen LogP contribution is -2.31. The molecule has 0 radical (unpaired) electrons. The Bertz CT molecular complexity index is 127. The maximum absolute atomic E-state index is 3.54. The highest BCUT2D eigenvalue weighted by Crippen LogP contribution is 2.16. The molecule has 0 rings (SSSR count). The lowest BCUT2D eigenvalue weighted by Gasteiger charge is -2.20. The van der Waals surface area contributed by atoms with Crippen molar-refractivity contribution in [2.45, 2.75) is 40.5 Å². The number of rotatable bonds is 7. The van der Waals surface area contributed by atoms with Crippen molar-refractivity contribution in [3.63, 3.8) is 0 Å². The second kappa shape index (κ2) is 7.24. The highest BCUT2D eigenvalue weighted by Gasteiger charge is 2.09. The Balaban J connectivity index is 3.42. The molecule has 2 heteroatoms. The second-order valence-electron chi connectivity index (χ2n) is 5.35. The molecule has 0 aromatic rings. The molecule has 14 heavy (non-hydrogen) atoms. The summed E-state index contributed by atoms with van der Waals surface area (Å²) in [5.41, 5.74) is 0.456. The number of nitrogens with one attached hydrogen (secondary N) is 2. The molecule has 0 heterocycles. The van der Waals surface area contributed by atoms with Gasteiger partial charge in [-0.1, -0.05) is 34.1 Å². The van der Waals surface area contributed by atoms with Gasteiger partial charge in [-0.3, -0.25) is 0 Å². The van der Waals surface area contributed by atoms with E-state index in [0.717, 1.165) is 25.6 Å². The van der Waals surface area contributed by atoms with E-state index in [2.05, 4.69) is 38.3 Å². The van der Waals surface area contributed by atoms with Crippen LogP contribution >= 0.6 is 0 Å². The van der Waals surface area contributed by atoms with E-state index in [1.54, 1.807) is 0 Å². The predicted octanol–water partition coefficient (Wildman–Crippen LogP) is 2.26. The fraction of sp³-hybridized carbons (Fsp3) is 1.00. The second-order valence-corrected chi connectivity index (χ2v) is 5.35. The summed E-state index contributed by atoms with van der Waals surface area (Å²) in [5.74, 6) is 0.778. The Labute approximate surface area is 89.9 Å². The molecule has 0 bridgehead atoms. The predicted molar refractivity (Wildman–Crippen MR) is 64.6 cm³/mol. The van der Waals surface area contributed by atoms with Crippen molar-refractivity contribution in [1.29, 1.82) is 0 Å². The Kier molecular flexibility index (Phi) is 7.20. The van der Waals surface area contributed by atoms with Gasteiger partial charge in [-0.25, -0.2) is 0 Å². The van der Waals surface area contributed by atoms with Gasteiger partial charge in [0.15, 0.2) is 0 Å². The highest BCUT2D eigenvalue weighted by atomic mass is 14.9. The van der Waals surface area contributed by atoms with Crippen molar-refractivity contribution in [2.24, 2.45) is 11.3 Å². The average molecular weight is 200 g/mol. The van der Waals surface area contributed by atoms with Crippen molar-refractivity contribution in [3.05, 3.63) is 0 Å². The fourth-order valence-electron chi connectivity index (χ4n) is 1.42. The largest absolute Gasteiger partial charge is 0.319 e. The Morgan fingerprint density at radius 2 is 1.79 bits per heavy atom. The summed E-state index contributed by atoms with van der Waals surface area (Å²) in [4.78, 5) is 0. The molecule has 0 fully saturated rings. The number of hydrogen-bond acceptors (Lipinski definition) is 2. The van der Waals surface area contributed by atoms with E-state index in [1.807, 2.05) is 7.05 Å². The van der Waals surface area contributed by atoms with Crippen LogP contribution in [0.1, 0.15) is 40.5 Å². The molecule has 0 aromatic carbocycles. The molecule has 0 aliphatic rings. The van der Waals surface area contributed by atoms with Gasteiger partial charge in [-0.15, -0.1) is 0 Å². The van der Waals surface area contributed by atoms with Gasteiger partial charge < -0.3 is 10.6 Å². The maximum Gasteiger partial charge on any atom is -0.000848 e. The highest BCUT2D eigenvalue weighted by molar-refractivity contribution is 4.66. The summed E-state index contributed by atoms with van der Waals surface area (Å²) in [6.45, 7) is 12.5. The van der Waals surface area contributed by atoms with Gasteiger partial charge in [-0.05, 0) is 44.4 Å². The minimum atomic E-state index is 0.456. The summed E-state index contributed by atoms with van der Waals surface area (Å²) >= 11 is 0. The number of hydrogen-bond donors (Lipinski definition) is 2. The minimum Gasteiger partial charge on any atom is -0.319 e. The zero-order valence-electron chi connectivity index (χ0n) is 10.6. The van der Waals surface area contributed by atoms with Crippen molar-refractivity contribution < 1.29 is 0 Å². The quantitative estimate of drug-likeness (QED) is 0.616. The molecule has 0 aliphatic heterocycles. The van der Waals surface area contributed by atoms with Crippen LogP contribution in [0.2, 0.25) is 0 Å². The molecular weight excluding hydrogens is 172 g/mol. The maximum atomic E-state index is 3.54. The van der Waals surface area contributed by atoms with Crippen LogP contribution in [-0.2, 0) is 0 Å². The molecule has 1 unspecified atom stereocenters. The average Bonchev–Trinajstić information content (AvgIpc) is 2.08. The molecule has 86 valence electrons. The van der Waals surface area contributed by atoms with Gasteiger partial charge >= 0.3 is 0 Å². The molecule has 0 saturated carbocycles. The molecule has 0 saturated heterocycles. The van der Waals surface area contributed by atoms with E-state index in [9.17, 15) is 0 Å². The first-order chi connectivity index (χ1) is 6.49. The van der Waals surface area contributed by atoms with Crippen molar-refractivity contribution in [1.82, 2.24) is 10.6 Å². The van der Waals surface area contributed by atoms with Gasteiger partial charge in [0.2, 0.25) is 0 Å². The smallest absolute Gasteiger partial charge is 0.000848 e. The molecule has 0 spiro atoms. The van der Waals surface area contributed by atoms with E-state index in [1.165, 1.54) is 12.8 Å². The summed E-state index contributed by atoms with van der Waals surface area (Å²) in [7, 11) is 2.03. The van der Waals surface area contributed by atoms with E-state index in [0.29, 0.717) is 5.41 Å². The summed E-state index contributed by atoms with van der Waals surface area (Å²) < 4.78 is 0. The Hall–Kier alpha value is -0.0800. The summed E-state index contributed by atoms with van der Waals surface area (Å²) in [6.07, 6.45) is 2.51. The normalized spacial score (nSPS) is 14.4. The molecule has 0 aromatic heterocycles. The van der Waals surface area contributed by atoms with E-state index < -0.39 is 0 Å². The first-order valence-corrected chi connectivity index (χ1v) is 5.85. The van der Waals surface area contributed by atoms with Crippen LogP contribution in [0.25, 0.3) is 0 Å². The Morgan fingerprint density at radius 1 is 1.14 bits per heavy atom. The third-order valence-electron chi connectivity index (χ3n) is 2.55. The van der Waals surface area contributed by atoms with E-state index in [-0.39, 0.29) is 0 Å². The summed E-state index contributed by atoms with van der Waals surface area (Å²) in [6, 6.07) is 0. The van der Waals surface area contributed by atoms with Gasteiger partial charge in [0.1, 0.15) is 0 Å². The standard InChI is InChI=1S/C12H28N2/c1-6-11(9-13-5)10-14-8-7-12(2,3)4/h11,13-14H,6-10H2,1-5H3. The van der Waals surface area contributed by atoms with Gasteiger partial charge in [0.05, 0.1) is 0 Å². The van der Waals surface area contributed by atoms with Crippen LogP contribution in [0, 0.1) is 11.3 Å². The lowest BCUT2D eigenvalue weighted by molar-refractivity contribution is 0.353. The molecule has 2 N–H and O–H groups in total. The van der Waals surface area contributed by atoms with Crippen LogP contribution in [-0.4, -0.2) is 26.7 Å². The zero-order chi connectivity index (χ0) is 11.0.